The summed E-state index contributed by atoms with van der Waals surface area (Å²) in [6.45, 7) is 85.1. The van der Waals surface area contributed by atoms with Crippen molar-refractivity contribution in [1.29, 1.82) is 0 Å². The summed E-state index contributed by atoms with van der Waals surface area (Å²) in [5.74, 6) is 2.67. The molecule has 0 aliphatic carbocycles. The molecular formula is C96H209N15O. The Morgan fingerprint density at radius 2 is 0.580 bits per heavy atom. The second kappa shape index (κ2) is 77.7. The summed E-state index contributed by atoms with van der Waals surface area (Å²) < 4.78 is 5.29. The zero-order valence-corrected chi connectivity index (χ0v) is 80.4. The Morgan fingerprint density at radius 3 is 0.893 bits per heavy atom. The Labute approximate surface area is 704 Å². The minimum atomic E-state index is 0.321. The molecule has 0 bridgehead atoms. The molecule has 0 aromatic rings. The lowest BCUT2D eigenvalue weighted by Gasteiger charge is -2.33. The highest BCUT2D eigenvalue weighted by Crippen LogP contribution is 2.19. The van der Waals surface area contributed by atoms with Gasteiger partial charge in [-0.3, -0.25) is 4.90 Å². The maximum atomic E-state index is 5.29. The molecule has 1 atom stereocenters. The molecule has 1 unspecified atom stereocenters. The predicted octanol–water partition coefficient (Wildman–Crippen LogP) is 18.2. The minimum absolute atomic E-state index is 0.321. The third kappa shape index (κ3) is 76.7. The SMILES string of the molecule is CC(C)CCCCCN1CCCC1.CC(C)CCCN1CCCC1.CC(C)CCCN1CCCCC1.CC(C)NCCCN1CCCC1.CC(C)NCCCN1CCCCC1.CC(C)NCCCN1CCCCC1C.CC(C)NCCCN1CCOCC1.CN(CCCN1CCCCC1)C(C)(C)C.CNCCCNC(C)C. The third-order valence-electron chi connectivity index (χ3n) is 23.3. The first kappa shape index (κ1) is 111. The van der Waals surface area contributed by atoms with Gasteiger partial charge in [0.2, 0.25) is 0 Å². The molecule has 112 heavy (non-hydrogen) atoms. The fourth-order valence-corrected chi connectivity index (χ4v) is 15.7. The molecule has 8 aliphatic heterocycles. The summed E-state index contributed by atoms with van der Waals surface area (Å²) in [4.78, 5) is 23.2. The number of likely N-dealkylation sites (tertiary alicyclic amines) is 7. The molecule has 0 aromatic carbocycles. The van der Waals surface area contributed by atoms with Crippen LogP contribution in [-0.4, -0.2) is 310 Å². The van der Waals surface area contributed by atoms with Crippen molar-refractivity contribution in [2.24, 2.45) is 17.8 Å². The highest BCUT2D eigenvalue weighted by Gasteiger charge is 2.20. The van der Waals surface area contributed by atoms with Crippen LogP contribution in [0.5, 0.6) is 0 Å². The van der Waals surface area contributed by atoms with Gasteiger partial charge in [0.05, 0.1) is 13.2 Å². The number of nitrogens with zero attached hydrogens (tertiary/aromatic N) is 9. The number of unbranched alkanes of at least 4 members (excludes halogenated alkanes) is 2. The van der Waals surface area contributed by atoms with Crippen LogP contribution in [0.4, 0.5) is 0 Å². The van der Waals surface area contributed by atoms with E-state index < -0.39 is 0 Å². The second-order valence-corrected chi connectivity index (χ2v) is 38.9. The third-order valence-corrected chi connectivity index (χ3v) is 23.3. The largest absolute Gasteiger partial charge is 0.379 e. The van der Waals surface area contributed by atoms with Crippen molar-refractivity contribution in [3.05, 3.63) is 0 Å². The highest BCUT2D eigenvalue weighted by molar-refractivity contribution is 4.77. The number of rotatable bonds is 43. The predicted molar refractivity (Wildman–Crippen MR) is 501 cm³/mol. The molecule has 8 saturated heterocycles. The average molecular weight is 1590 g/mol. The molecule has 0 spiro atoms. The van der Waals surface area contributed by atoms with Gasteiger partial charge in [-0.1, -0.05) is 156 Å². The van der Waals surface area contributed by atoms with Gasteiger partial charge in [-0.15, -0.1) is 0 Å². The van der Waals surface area contributed by atoms with Gasteiger partial charge in [0.1, 0.15) is 0 Å². The van der Waals surface area contributed by atoms with E-state index in [9.17, 15) is 0 Å². The lowest BCUT2D eigenvalue weighted by Crippen LogP contribution is -2.40. The molecule has 0 radical (unpaired) electrons. The van der Waals surface area contributed by atoms with Gasteiger partial charge in [-0.2, -0.15) is 0 Å². The van der Waals surface area contributed by atoms with Crippen molar-refractivity contribution in [2.75, 3.05) is 224 Å². The first-order valence-electron chi connectivity index (χ1n) is 49.1. The highest BCUT2D eigenvalue weighted by atomic mass is 16.5. The van der Waals surface area contributed by atoms with Crippen LogP contribution < -0.4 is 31.9 Å². The Morgan fingerprint density at radius 1 is 0.304 bits per heavy atom. The molecule has 8 aliphatic rings. The molecule has 0 aromatic heterocycles. The van der Waals surface area contributed by atoms with E-state index in [4.69, 9.17) is 4.74 Å². The maximum Gasteiger partial charge on any atom is 0.0594 e. The number of piperidine rings is 4. The molecule has 0 amide bonds. The lowest BCUT2D eigenvalue weighted by atomic mass is 10.0. The van der Waals surface area contributed by atoms with Crippen molar-refractivity contribution in [2.45, 2.75) is 386 Å². The zero-order valence-electron chi connectivity index (χ0n) is 80.4. The molecular weight excluding hydrogens is 1380 g/mol. The summed E-state index contributed by atoms with van der Waals surface area (Å²) in [7, 11) is 4.21. The van der Waals surface area contributed by atoms with E-state index in [0.29, 0.717) is 35.7 Å². The summed E-state index contributed by atoms with van der Waals surface area (Å²) in [6.07, 6.45) is 44.7. The molecule has 6 N–H and O–H groups in total. The van der Waals surface area contributed by atoms with E-state index >= 15 is 0 Å². The molecule has 8 rings (SSSR count). The van der Waals surface area contributed by atoms with Gasteiger partial charge in [0.25, 0.3) is 0 Å². The Balaban J connectivity index is 0.00000124. The normalized spacial score (nSPS) is 19.5. The Bertz CT molecular complexity index is 1820. The zero-order chi connectivity index (χ0) is 83.1. The number of hydrogen-bond donors (Lipinski definition) is 6. The van der Waals surface area contributed by atoms with Gasteiger partial charge >= 0.3 is 0 Å². The Kier molecular flexibility index (Phi) is 77.2. The van der Waals surface area contributed by atoms with Crippen molar-refractivity contribution >= 4 is 0 Å². The first-order chi connectivity index (χ1) is 53.7. The summed E-state index contributed by atoms with van der Waals surface area (Å²) >= 11 is 0. The van der Waals surface area contributed by atoms with Gasteiger partial charge in [0.15, 0.2) is 0 Å². The molecule has 8 heterocycles. The molecule has 0 saturated carbocycles. The number of ether oxygens (including phenoxy) is 1. The number of nitrogens with one attached hydrogen (secondary N) is 6. The van der Waals surface area contributed by atoms with Gasteiger partial charge < -0.3 is 75.8 Å². The van der Waals surface area contributed by atoms with Crippen LogP contribution in [0.15, 0.2) is 0 Å². The van der Waals surface area contributed by atoms with Gasteiger partial charge in [-0.25, -0.2) is 0 Å². The van der Waals surface area contributed by atoms with Gasteiger partial charge in [-0.05, 0) is 403 Å². The minimum Gasteiger partial charge on any atom is -0.379 e. The van der Waals surface area contributed by atoms with E-state index in [0.717, 1.165) is 69.7 Å². The number of hydrogen-bond acceptors (Lipinski definition) is 16. The fraction of sp³-hybridized carbons (Fsp3) is 1.00. The van der Waals surface area contributed by atoms with Crippen LogP contribution in [0.2, 0.25) is 0 Å². The lowest BCUT2D eigenvalue weighted by molar-refractivity contribution is 0.0374. The van der Waals surface area contributed by atoms with Crippen LogP contribution in [0, 0.1) is 17.8 Å². The van der Waals surface area contributed by atoms with Crippen LogP contribution in [0.25, 0.3) is 0 Å². The van der Waals surface area contributed by atoms with Crippen molar-refractivity contribution in [1.82, 2.24) is 76.0 Å². The van der Waals surface area contributed by atoms with Crippen molar-refractivity contribution in [3.63, 3.8) is 0 Å². The van der Waals surface area contributed by atoms with Crippen LogP contribution in [0.3, 0.4) is 0 Å². The van der Waals surface area contributed by atoms with E-state index in [1.54, 1.807) is 0 Å². The summed E-state index contributed by atoms with van der Waals surface area (Å²) in [5, 5.41) is 20.2. The molecule has 16 nitrogen and oxygen atoms in total. The molecule has 16 heteroatoms. The van der Waals surface area contributed by atoms with Crippen LogP contribution in [-0.2, 0) is 4.74 Å². The standard InChI is InChI=1S/C13H28N2.C12H26N2.C12H25N.C11H24N2.C11H23N.C10H22N2O.C10H22N2.C10H21N.C7H18N2/c1-13(2,3)14(4)9-8-12-15-10-6-5-7-11-15;1-11(2)13-8-6-10-14-9-5-4-7-12(14)3;1-12(2)8-4-3-5-9-13-10-6-7-11-13;1-11(2)12-7-6-10-13-8-4-3-5-9-13;1-11(2)7-6-10-12-8-4-3-5-9-12;1-10(2)11-4-3-5-12-6-8-13-9-7-12;1-10(2)11-6-5-9-12-7-3-4-8-12;1-10(2)6-5-9-11-7-3-4-8-11;1-7(2)9-6-4-5-8-3/h5-12H2,1-4H3;11-13H,4-10H2,1-3H3;12H,3-11H2,1-2H3;11-12H,3-10H2,1-2H3;11H,3-10H2,1-2H3;10-11H,3-9H2,1-2H3;10-11H,3-9H2,1-2H3;10H,3-9H2,1-2H3;7-9H,4-6H2,1-3H3. The van der Waals surface area contributed by atoms with Crippen molar-refractivity contribution < 1.29 is 4.74 Å². The fourth-order valence-electron chi connectivity index (χ4n) is 15.7. The summed E-state index contributed by atoms with van der Waals surface area (Å²) in [5.41, 5.74) is 0.321. The second-order valence-electron chi connectivity index (χ2n) is 38.9. The van der Waals surface area contributed by atoms with Crippen molar-refractivity contribution in [3.8, 4) is 0 Å². The quantitative estimate of drug-likeness (QED) is 0.0326. The van der Waals surface area contributed by atoms with Gasteiger partial charge in [0, 0.05) is 54.9 Å². The van der Waals surface area contributed by atoms with E-state index in [2.05, 4.69) is 222 Å². The first-order valence-corrected chi connectivity index (χ1v) is 49.1. The van der Waals surface area contributed by atoms with E-state index in [-0.39, 0.29) is 0 Å². The number of morpholine rings is 1. The van der Waals surface area contributed by atoms with Crippen LogP contribution in [0.1, 0.15) is 344 Å². The molecule has 8 fully saturated rings. The Hall–Kier alpha value is -0.640. The smallest absolute Gasteiger partial charge is 0.0594 e. The topological polar surface area (TPSA) is 111 Å². The molecule has 674 valence electrons. The monoisotopic (exact) mass is 1590 g/mol. The van der Waals surface area contributed by atoms with Crippen LogP contribution >= 0.6 is 0 Å². The average Bonchev–Trinajstić information content (AvgIpc) is 1.34. The van der Waals surface area contributed by atoms with E-state index in [1.165, 1.54) is 369 Å². The maximum absolute atomic E-state index is 5.29. The summed E-state index contributed by atoms with van der Waals surface area (Å²) in [6, 6.07) is 3.98. The van der Waals surface area contributed by atoms with E-state index in [1.807, 2.05) is 7.05 Å².